The first-order chi connectivity index (χ1) is 10.2. The van der Waals surface area contributed by atoms with E-state index in [1.807, 2.05) is 17.9 Å². The van der Waals surface area contributed by atoms with Crippen molar-refractivity contribution in [2.24, 2.45) is 0 Å². The third kappa shape index (κ3) is 3.34. The lowest BCUT2D eigenvalue weighted by Crippen LogP contribution is -2.48. The zero-order valence-corrected chi connectivity index (χ0v) is 12.3. The lowest BCUT2D eigenvalue weighted by Gasteiger charge is -2.34. The monoisotopic (exact) mass is 284 g/mol. The van der Waals surface area contributed by atoms with E-state index in [1.165, 1.54) is 5.56 Å². The molecule has 2 aromatic rings. The number of hydrogen-bond acceptors (Lipinski definition) is 3. The van der Waals surface area contributed by atoms with Crippen molar-refractivity contribution in [3.05, 3.63) is 59.5 Å². The van der Waals surface area contributed by atoms with Crippen molar-refractivity contribution in [2.45, 2.75) is 13.5 Å². The van der Waals surface area contributed by atoms with E-state index in [4.69, 9.17) is 4.42 Å². The zero-order valence-electron chi connectivity index (χ0n) is 12.3. The van der Waals surface area contributed by atoms with E-state index in [0.29, 0.717) is 5.76 Å². The number of carbonyl (C=O) groups excluding carboxylic acids is 1. The van der Waals surface area contributed by atoms with Gasteiger partial charge in [0.25, 0.3) is 5.91 Å². The normalized spacial score (nSPS) is 16.1. The van der Waals surface area contributed by atoms with Gasteiger partial charge in [-0.15, -0.1) is 0 Å². The molecular formula is C17H20N2O2. The Morgan fingerprint density at radius 3 is 2.48 bits per heavy atom. The molecule has 110 valence electrons. The molecule has 1 amide bonds. The van der Waals surface area contributed by atoms with Gasteiger partial charge >= 0.3 is 0 Å². The zero-order chi connectivity index (χ0) is 14.7. The van der Waals surface area contributed by atoms with Gasteiger partial charge in [0.2, 0.25) is 0 Å². The first-order valence-electron chi connectivity index (χ1n) is 7.33. The van der Waals surface area contributed by atoms with Crippen LogP contribution in [0.1, 0.15) is 21.7 Å². The Bertz CT molecular complexity index is 598. The minimum absolute atomic E-state index is 0.00228. The molecule has 4 heteroatoms. The van der Waals surface area contributed by atoms with Gasteiger partial charge in [0.15, 0.2) is 5.76 Å². The third-order valence-electron chi connectivity index (χ3n) is 3.85. The lowest BCUT2D eigenvalue weighted by atomic mass is 10.2. The number of rotatable bonds is 3. The predicted octanol–water partition coefficient (Wildman–Crippen LogP) is 2.55. The van der Waals surface area contributed by atoms with Gasteiger partial charge in [0.05, 0.1) is 6.26 Å². The van der Waals surface area contributed by atoms with Crippen molar-refractivity contribution in [1.29, 1.82) is 0 Å². The molecule has 1 aromatic carbocycles. The quantitative estimate of drug-likeness (QED) is 0.869. The molecule has 0 atom stereocenters. The van der Waals surface area contributed by atoms with Gasteiger partial charge in [-0.05, 0) is 24.1 Å². The fraction of sp³-hybridized carbons (Fsp3) is 0.353. The number of benzene rings is 1. The molecule has 0 unspecified atom stereocenters. The van der Waals surface area contributed by atoms with Crippen LogP contribution in [0.15, 0.2) is 47.1 Å². The van der Waals surface area contributed by atoms with Crippen LogP contribution >= 0.6 is 0 Å². The number of aryl methyl sites for hydroxylation is 1. The molecule has 0 saturated carbocycles. The van der Waals surface area contributed by atoms with E-state index in [0.717, 1.165) is 38.3 Å². The van der Waals surface area contributed by atoms with Gasteiger partial charge < -0.3 is 9.32 Å². The van der Waals surface area contributed by atoms with Crippen molar-refractivity contribution in [3.8, 4) is 0 Å². The summed E-state index contributed by atoms with van der Waals surface area (Å²) in [7, 11) is 0. The number of furan rings is 1. The van der Waals surface area contributed by atoms with Crippen LogP contribution in [0.3, 0.4) is 0 Å². The van der Waals surface area contributed by atoms with E-state index in [9.17, 15) is 4.79 Å². The van der Waals surface area contributed by atoms with E-state index in [1.54, 1.807) is 12.3 Å². The molecule has 0 N–H and O–H groups in total. The lowest BCUT2D eigenvalue weighted by molar-refractivity contribution is 0.0598. The van der Waals surface area contributed by atoms with Crippen molar-refractivity contribution in [3.63, 3.8) is 0 Å². The average molecular weight is 284 g/mol. The highest BCUT2D eigenvalue weighted by Gasteiger charge is 2.23. The van der Waals surface area contributed by atoms with Crippen LogP contribution in [0.25, 0.3) is 0 Å². The molecule has 4 nitrogen and oxygen atoms in total. The first kappa shape index (κ1) is 13.9. The SMILES string of the molecule is Cc1coc(C(=O)N2CCN(Cc3ccccc3)CC2)c1. The highest BCUT2D eigenvalue weighted by molar-refractivity contribution is 5.91. The molecular weight excluding hydrogens is 264 g/mol. The molecule has 1 fully saturated rings. The van der Waals surface area contributed by atoms with E-state index in [-0.39, 0.29) is 5.91 Å². The summed E-state index contributed by atoms with van der Waals surface area (Å²) in [6, 6.07) is 12.2. The Labute approximate surface area is 125 Å². The number of nitrogens with zero attached hydrogens (tertiary/aromatic N) is 2. The second-order valence-electron chi connectivity index (χ2n) is 5.54. The highest BCUT2D eigenvalue weighted by atomic mass is 16.3. The number of piperazine rings is 1. The van der Waals surface area contributed by atoms with Crippen molar-refractivity contribution in [2.75, 3.05) is 26.2 Å². The fourth-order valence-corrected chi connectivity index (χ4v) is 2.65. The number of hydrogen-bond donors (Lipinski definition) is 0. The Morgan fingerprint density at radius 1 is 1.14 bits per heavy atom. The van der Waals surface area contributed by atoms with Gasteiger partial charge in [-0.1, -0.05) is 30.3 Å². The maximum Gasteiger partial charge on any atom is 0.289 e. The topological polar surface area (TPSA) is 36.7 Å². The van der Waals surface area contributed by atoms with Crippen molar-refractivity contribution in [1.82, 2.24) is 9.80 Å². The summed E-state index contributed by atoms with van der Waals surface area (Å²) in [5.74, 6) is 0.450. The van der Waals surface area contributed by atoms with Crippen LogP contribution in [-0.2, 0) is 6.54 Å². The van der Waals surface area contributed by atoms with Gasteiger partial charge in [0.1, 0.15) is 0 Å². The Kier molecular flexibility index (Phi) is 4.06. The summed E-state index contributed by atoms with van der Waals surface area (Å²) < 4.78 is 5.30. The predicted molar refractivity (Wildman–Crippen MR) is 81.1 cm³/mol. The van der Waals surface area contributed by atoms with Gasteiger partial charge in [0, 0.05) is 32.7 Å². The summed E-state index contributed by atoms with van der Waals surface area (Å²) in [5.41, 5.74) is 2.31. The molecule has 0 radical (unpaired) electrons. The second-order valence-corrected chi connectivity index (χ2v) is 5.54. The second kappa shape index (κ2) is 6.14. The van der Waals surface area contributed by atoms with Crippen LogP contribution in [0, 0.1) is 6.92 Å². The maximum absolute atomic E-state index is 12.3. The molecule has 0 bridgehead atoms. The molecule has 0 aliphatic carbocycles. The highest BCUT2D eigenvalue weighted by Crippen LogP contribution is 2.13. The van der Waals surface area contributed by atoms with Crippen LogP contribution in [0.5, 0.6) is 0 Å². The smallest absolute Gasteiger partial charge is 0.289 e. The molecule has 1 aromatic heterocycles. The molecule has 0 spiro atoms. The van der Waals surface area contributed by atoms with E-state index >= 15 is 0 Å². The fourth-order valence-electron chi connectivity index (χ4n) is 2.65. The van der Waals surface area contributed by atoms with Gasteiger partial charge in [-0.3, -0.25) is 9.69 Å². The van der Waals surface area contributed by atoms with Gasteiger partial charge in [-0.2, -0.15) is 0 Å². The Balaban J connectivity index is 1.54. The largest absolute Gasteiger partial charge is 0.459 e. The van der Waals surface area contributed by atoms with Crippen LogP contribution in [0.2, 0.25) is 0 Å². The molecule has 3 rings (SSSR count). The van der Waals surface area contributed by atoms with Crippen LogP contribution < -0.4 is 0 Å². The minimum Gasteiger partial charge on any atom is -0.459 e. The average Bonchev–Trinajstić information content (AvgIpc) is 2.95. The van der Waals surface area contributed by atoms with Crippen LogP contribution in [-0.4, -0.2) is 41.9 Å². The number of amides is 1. The molecule has 1 aliphatic rings. The van der Waals surface area contributed by atoms with E-state index < -0.39 is 0 Å². The molecule has 2 heterocycles. The summed E-state index contributed by atoms with van der Waals surface area (Å²) in [6.07, 6.45) is 1.62. The van der Waals surface area contributed by atoms with Gasteiger partial charge in [-0.25, -0.2) is 0 Å². The minimum atomic E-state index is 0.00228. The number of carbonyl (C=O) groups is 1. The van der Waals surface area contributed by atoms with Crippen molar-refractivity contribution >= 4 is 5.91 Å². The van der Waals surface area contributed by atoms with Crippen molar-refractivity contribution < 1.29 is 9.21 Å². The summed E-state index contributed by atoms with van der Waals surface area (Å²) in [5, 5.41) is 0. The maximum atomic E-state index is 12.3. The first-order valence-corrected chi connectivity index (χ1v) is 7.33. The molecule has 21 heavy (non-hydrogen) atoms. The Morgan fingerprint density at radius 2 is 1.86 bits per heavy atom. The van der Waals surface area contributed by atoms with E-state index in [2.05, 4.69) is 29.2 Å². The standard InChI is InChI=1S/C17H20N2O2/c1-14-11-16(21-13-14)17(20)19-9-7-18(8-10-19)12-15-5-3-2-4-6-15/h2-6,11,13H,7-10,12H2,1H3. The molecule has 1 saturated heterocycles. The third-order valence-corrected chi connectivity index (χ3v) is 3.85. The summed E-state index contributed by atoms with van der Waals surface area (Å²) in [4.78, 5) is 16.5. The van der Waals surface area contributed by atoms with Crippen LogP contribution in [0.4, 0.5) is 0 Å². The summed E-state index contributed by atoms with van der Waals surface area (Å²) >= 11 is 0. The molecule has 1 aliphatic heterocycles. The Hall–Kier alpha value is -2.07. The summed E-state index contributed by atoms with van der Waals surface area (Å²) in [6.45, 7) is 6.19.